The van der Waals surface area contributed by atoms with E-state index in [9.17, 15) is 4.79 Å². The van der Waals surface area contributed by atoms with Crippen LogP contribution in [0.4, 0.5) is 5.13 Å². The number of anilines is 1. The van der Waals surface area contributed by atoms with Gasteiger partial charge in [-0.05, 0) is 31.5 Å². The molecule has 1 fully saturated rings. The van der Waals surface area contributed by atoms with Crippen molar-refractivity contribution in [2.24, 2.45) is 5.41 Å². The maximum absolute atomic E-state index is 12.2. The van der Waals surface area contributed by atoms with Crippen molar-refractivity contribution in [1.82, 2.24) is 4.98 Å². The van der Waals surface area contributed by atoms with E-state index in [2.05, 4.69) is 10.3 Å². The second-order valence-electron chi connectivity index (χ2n) is 5.33. The molecule has 2 aromatic rings. The molecule has 1 N–H and O–H groups in total. The van der Waals surface area contributed by atoms with Crippen molar-refractivity contribution < 1.29 is 4.79 Å². The molecule has 1 atom stereocenters. The molecule has 0 unspecified atom stereocenters. The van der Waals surface area contributed by atoms with Crippen LogP contribution in [0.25, 0.3) is 11.3 Å². The third-order valence-electron chi connectivity index (χ3n) is 3.69. The molecular formula is C14H10Cl4N2OS. The van der Waals surface area contributed by atoms with E-state index >= 15 is 0 Å². The van der Waals surface area contributed by atoms with Gasteiger partial charge in [0.1, 0.15) is 4.33 Å². The van der Waals surface area contributed by atoms with E-state index in [1.165, 1.54) is 11.3 Å². The van der Waals surface area contributed by atoms with Crippen LogP contribution in [-0.2, 0) is 4.79 Å². The van der Waals surface area contributed by atoms with E-state index in [-0.39, 0.29) is 5.91 Å². The fraction of sp³-hybridized carbons (Fsp3) is 0.286. The highest BCUT2D eigenvalue weighted by Gasteiger charge is 2.68. The summed E-state index contributed by atoms with van der Waals surface area (Å²) in [4.78, 5) is 16.6. The van der Waals surface area contributed by atoms with Crippen molar-refractivity contribution in [2.45, 2.75) is 17.7 Å². The van der Waals surface area contributed by atoms with Gasteiger partial charge in [-0.3, -0.25) is 4.79 Å². The Hall–Kier alpha value is -0.520. The number of nitrogens with one attached hydrogen (secondary N) is 1. The van der Waals surface area contributed by atoms with E-state index in [1.807, 2.05) is 5.38 Å². The molecule has 1 amide bonds. The summed E-state index contributed by atoms with van der Waals surface area (Å²) in [6.07, 6.45) is 0.427. The predicted molar refractivity (Wildman–Crippen MR) is 93.4 cm³/mol. The third kappa shape index (κ3) is 2.83. The zero-order valence-corrected chi connectivity index (χ0v) is 15.1. The van der Waals surface area contributed by atoms with Crippen LogP contribution in [0, 0.1) is 5.41 Å². The quantitative estimate of drug-likeness (QED) is 0.683. The fourth-order valence-corrected chi connectivity index (χ4v) is 3.95. The Morgan fingerprint density at radius 3 is 2.64 bits per heavy atom. The number of carbonyl (C=O) groups is 1. The van der Waals surface area contributed by atoms with Crippen LogP contribution >= 0.6 is 57.7 Å². The topological polar surface area (TPSA) is 42.0 Å². The molecule has 116 valence electrons. The average molecular weight is 396 g/mol. The first-order valence-electron chi connectivity index (χ1n) is 6.33. The van der Waals surface area contributed by atoms with Gasteiger partial charge in [-0.15, -0.1) is 34.5 Å². The van der Waals surface area contributed by atoms with Gasteiger partial charge in [0, 0.05) is 16.0 Å². The van der Waals surface area contributed by atoms with Crippen LogP contribution in [0.5, 0.6) is 0 Å². The van der Waals surface area contributed by atoms with Crippen LogP contribution in [-0.4, -0.2) is 15.2 Å². The number of hydrogen-bond donors (Lipinski definition) is 1. The minimum atomic E-state index is -1.00. The van der Waals surface area contributed by atoms with E-state index in [0.717, 1.165) is 5.56 Å². The molecule has 0 aliphatic heterocycles. The Labute approximate surface area is 151 Å². The molecule has 0 radical (unpaired) electrons. The first-order valence-corrected chi connectivity index (χ1v) is 8.72. The van der Waals surface area contributed by atoms with Crippen molar-refractivity contribution in [3.05, 3.63) is 33.6 Å². The molecule has 1 heterocycles. The summed E-state index contributed by atoms with van der Waals surface area (Å²) in [6.45, 7) is 1.73. The number of alkyl halides is 2. The molecule has 1 aromatic carbocycles. The molecule has 8 heteroatoms. The lowest BCUT2D eigenvalue weighted by atomic mass is 10.1. The number of rotatable bonds is 3. The van der Waals surface area contributed by atoms with Crippen molar-refractivity contribution in [1.29, 1.82) is 0 Å². The molecule has 1 aliphatic carbocycles. The summed E-state index contributed by atoms with van der Waals surface area (Å²) < 4.78 is -1.00. The molecule has 0 saturated heterocycles. The van der Waals surface area contributed by atoms with Crippen LogP contribution in [0.1, 0.15) is 13.3 Å². The van der Waals surface area contributed by atoms with Gasteiger partial charge in [-0.25, -0.2) is 4.98 Å². The van der Waals surface area contributed by atoms with Crippen molar-refractivity contribution in [3.8, 4) is 11.3 Å². The number of thiazole rings is 1. The second kappa shape index (κ2) is 5.53. The van der Waals surface area contributed by atoms with E-state index < -0.39 is 9.75 Å². The number of aromatic nitrogens is 1. The maximum Gasteiger partial charge on any atom is 0.235 e. The first kappa shape index (κ1) is 16.3. The Kier molecular flexibility index (Phi) is 4.11. The number of hydrogen-bond acceptors (Lipinski definition) is 3. The van der Waals surface area contributed by atoms with Crippen molar-refractivity contribution in [3.63, 3.8) is 0 Å². The molecule has 0 spiro atoms. The molecule has 3 rings (SSSR count). The lowest BCUT2D eigenvalue weighted by molar-refractivity contribution is -0.120. The maximum atomic E-state index is 12.2. The van der Waals surface area contributed by atoms with Crippen LogP contribution in [0.2, 0.25) is 10.0 Å². The Morgan fingerprint density at radius 2 is 2.05 bits per heavy atom. The average Bonchev–Trinajstić information content (AvgIpc) is 2.77. The Morgan fingerprint density at radius 1 is 1.36 bits per heavy atom. The molecule has 1 saturated carbocycles. The minimum Gasteiger partial charge on any atom is -0.301 e. The lowest BCUT2D eigenvalue weighted by Crippen LogP contribution is -2.25. The van der Waals surface area contributed by atoms with Gasteiger partial charge in [-0.1, -0.05) is 23.2 Å². The summed E-state index contributed by atoms with van der Waals surface area (Å²) in [7, 11) is 0. The highest BCUT2D eigenvalue weighted by Crippen LogP contribution is 2.64. The standard InChI is InChI=1S/C14H10Cl4N2OS/c1-13(6-14(13,17)18)11(21)20-12-19-10(5-22-12)8-3-2-7(15)4-9(8)16/h2-5H,6H2,1H3,(H,19,20,21)/t13-/m1/s1. The SMILES string of the molecule is C[C@]1(C(=O)Nc2nc(-c3ccc(Cl)cc3Cl)cs2)CC1(Cl)Cl. The summed E-state index contributed by atoms with van der Waals surface area (Å²) in [5.74, 6) is -0.236. The second-order valence-corrected chi connectivity index (χ2v) is 8.52. The number of carbonyl (C=O) groups excluding carboxylic acids is 1. The molecule has 22 heavy (non-hydrogen) atoms. The number of halogens is 4. The van der Waals surface area contributed by atoms with Gasteiger partial charge in [0.15, 0.2) is 5.13 Å². The van der Waals surface area contributed by atoms with Gasteiger partial charge in [0.25, 0.3) is 0 Å². The molecule has 1 aromatic heterocycles. The van der Waals surface area contributed by atoms with Crippen LogP contribution in [0.15, 0.2) is 23.6 Å². The summed E-state index contributed by atoms with van der Waals surface area (Å²) >= 11 is 25.4. The van der Waals surface area contributed by atoms with Gasteiger partial charge in [-0.2, -0.15) is 0 Å². The predicted octanol–water partition coefficient (Wildman–Crippen LogP) is 5.64. The highest BCUT2D eigenvalue weighted by molar-refractivity contribution is 7.14. The summed E-state index contributed by atoms with van der Waals surface area (Å²) in [5, 5.41) is 6.10. The first-order chi connectivity index (χ1) is 10.2. The zero-order valence-electron chi connectivity index (χ0n) is 11.3. The molecule has 3 nitrogen and oxygen atoms in total. The molecule has 0 bridgehead atoms. The normalized spacial score (nSPS) is 22.4. The number of nitrogens with zero attached hydrogens (tertiary/aromatic N) is 1. The lowest BCUT2D eigenvalue weighted by Gasteiger charge is -2.10. The van der Waals surface area contributed by atoms with Gasteiger partial charge < -0.3 is 5.32 Å². The molecular weight excluding hydrogens is 386 g/mol. The largest absolute Gasteiger partial charge is 0.301 e. The van der Waals surface area contributed by atoms with Crippen molar-refractivity contribution in [2.75, 3.05) is 5.32 Å². The van der Waals surface area contributed by atoms with E-state index in [1.54, 1.807) is 25.1 Å². The minimum absolute atomic E-state index is 0.236. The van der Waals surface area contributed by atoms with E-state index in [0.29, 0.717) is 27.3 Å². The Bertz CT molecular complexity index is 761. The van der Waals surface area contributed by atoms with Gasteiger partial charge >= 0.3 is 0 Å². The monoisotopic (exact) mass is 394 g/mol. The van der Waals surface area contributed by atoms with Crippen molar-refractivity contribution >= 4 is 68.8 Å². The summed E-state index contributed by atoms with van der Waals surface area (Å²) in [6, 6.07) is 5.17. The zero-order chi connectivity index (χ0) is 16.1. The number of amides is 1. The molecule has 1 aliphatic rings. The number of benzene rings is 1. The highest BCUT2D eigenvalue weighted by atomic mass is 35.5. The van der Waals surface area contributed by atoms with Gasteiger partial charge in [0.05, 0.1) is 16.1 Å². The van der Waals surface area contributed by atoms with Crippen LogP contribution in [0.3, 0.4) is 0 Å². The summed E-state index contributed by atoms with van der Waals surface area (Å²) in [5.41, 5.74) is 0.648. The Balaban J connectivity index is 1.79. The fourth-order valence-electron chi connectivity index (χ4n) is 2.03. The van der Waals surface area contributed by atoms with Gasteiger partial charge in [0.2, 0.25) is 5.91 Å². The van der Waals surface area contributed by atoms with Crippen LogP contribution < -0.4 is 5.32 Å². The third-order valence-corrected chi connectivity index (χ3v) is 6.10. The smallest absolute Gasteiger partial charge is 0.235 e. The van der Waals surface area contributed by atoms with E-state index in [4.69, 9.17) is 46.4 Å².